The molecule has 2 aliphatic rings. The molecule has 2 N–H and O–H groups in total. The molecule has 2 rings (SSSR count). The second-order valence-electron chi connectivity index (χ2n) is 4.48. The first-order chi connectivity index (χ1) is 5.84. The van der Waals surface area contributed by atoms with Crippen molar-refractivity contribution in [1.29, 1.82) is 0 Å². The second kappa shape index (κ2) is 3.75. The van der Waals surface area contributed by atoms with Crippen LogP contribution in [0.1, 0.15) is 32.6 Å². The lowest BCUT2D eigenvalue weighted by molar-refractivity contribution is 0.209. The summed E-state index contributed by atoms with van der Waals surface area (Å²) in [6.45, 7) is 4.75. The Hall–Kier alpha value is -0.0800. The number of rotatable bonds is 2. The molecule has 0 aromatic rings. The lowest BCUT2D eigenvalue weighted by Gasteiger charge is -2.37. The summed E-state index contributed by atoms with van der Waals surface area (Å²) < 4.78 is 0. The second-order valence-corrected chi connectivity index (χ2v) is 4.48. The Bertz CT molecular complexity index is 135. The van der Waals surface area contributed by atoms with Crippen LogP contribution in [0.5, 0.6) is 0 Å². The third-order valence-corrected chi connectivity index (χ3v) is 3.14. The smallest absolute Gasteiger partial charge is 0.0195 e. The average Bonchev–Trinajstić information content (AvgIpc) is 2.04. The lowest BCUT2D eigenvalue weighted by atomic mass is 9.81. The Balaban J connectivity index is 1.65. The van der Waals surface area contributed by atoms with Gasteiger partial charge in [-0.05, 0) is 38.1 Å². The maximum absolute atomic E-state index is 3.72. The van der Waals surface area contributed by atoms with Gasteiger partial charge in [-0.1, -0.05) is 6.92 Å². The zero-order valence-corrected chi connectivity index (χ0v) is 7.97. The summed E-state index contributed by atoms with van der Waals surface area (Å²) in [4.78, 5) is 0. The first-order valence-electron chi connectivity index (χ1n) is 5.31. The molecule has 1 saturated heterocycles. The highest BCUT2D eigenvalue weighted by Crippen LogP contribution is 2.27. The van der Waals surface area contributed by atoms with E-state index in [0.29, 0.717) is 0 Å². The molecular weight excluding hydrogens is 148 g/mol. The summed E-state index contributed by atoms with van der Waals surface area (Å²) >= 11 is 0. The van der Waals surface area contributed by atoms with E-state index in [2.05, 4.69) is 17.6 Å². The fraction of sp³-hybridized carbons (Fsp3) is 1.00. The van der Waals surface area contributed by atoms with Gasteiger partial charge in [0.1, 0.15) is 0 Å². The van der Waals surface area contributed by atoms with Crippen LogP contribution in [0.25, 0.3) is 0 Å². The Morgan fingerprint density at radius 2 is 2.08 bits per heavy atom. The van der Waals surface area contributed by atoms with Gasteiger partial charge in [0, 0.05) is 18.6 Å². The van der Waals surface area contributed by atoms with Crippen LogP contribution in [0, 0.1) is 5.92 Å². The van der Waals surface area contributed by atoms with Gasteiger partial charge in [0.25, 0.3) is 0 Å². The molecule has 1 aliphatic carbocycles. The van der Waals surface area contributed by atoms with Crippen LogP contribution in [0.3, 0.4) is 0 Å². The van der Waals surface area contributed by atoms with Crippen molar-refractivity contribution < 1.29 is 0 Å². The molecule has 1 atom stereocenters. The van der Waals surface area contributed by atoms with E-state index in [1.807, 2.05) is 0 Å². The lowest BCUT2D eigenvalue weighted by Crippen LogP contribution is -2.51. The molecule has 0 aromatic carbocycles. The van der Waals surface area contributed by atoms with Crippen LogP contribution in [-0.4, -0.2) is 25.2 Å². The average molecular weight is 168 g/mol. The van der Waals surface area contributed by atoms with Crippen LogP contribution in [0.4, 0.5) is 0 Å². The maximum Gasteiger partial charge on any atom is 0.0195 e. The summed E-state index contributed by atoms with van der Waals surface area (Å²) in [5.41, 5.74) is 0. The molecule has 0 aromatic heterocycles. The van der Waals surface area contributed by atoms with Crippen molar-refractivity contribution in [2.75, 3.05) is 13.1 Å². The molecule has 1 saturated carbocycles. The van der Waals surface area contributed by atoms with Gasteiger partial charge in [-0.15, -0.1) is 0 Å². The van der Waals surface area contributed by atoms with Gasteiger partial charge < -0.3 is 10.6 Å². The van der Waals surface area contributed by atoms with Gasteiger partial charge in [-0.2, -0.15) is 0 Å². The van der Waals surface area contributed by atoms with E-state index < -0.39 is 0 Å². The van der Waals surface area contributed by atoms with Crippen molar-refractivity contribution in [3.05, 3.63) is 0 Å². The largest absolute Gasteiger partial charge is 0.315 e. The Morgan fingerprint density at radius 1 is 1.25 bits per heavy atom. The Kier molecular flexibility index (Phi) is 2.66. The third kappa shape index (κ3) is 1.99. The zero-order chi connectivity index (χ0) is 8.39. The van der Waals surface area contributed by atoms with Crippen molar-refractivity contribution in [2.45, 2.75) is 44.7 Å². The van der Waals surface area contributed by atoms with Crippen LogP contribution < -0.4 is 10.6 Å². The van der Waals surface area contributed by atoms with Gasteiger partial charge in [0.15, 0.2) is 0 Å². The standard InChI is InChI=1S/C10H20N2/c1-8-5-10(6-8)12-9-3-2-4-11-7-9/h8-12H,2-7H2,1H3. The minimum atomic E-state index is 0.760. The summed E-state index contributed by atoms with van der Waals surface area (Å²) in [6, 6.07) is 1.60. The molecule has 2 fully saturated rings. The van der Waals surface area contributed by atoms with E-state index in [9.17, 15) is 0 Å². The van der Waals surface area contributed by atoms with Crippen LogP contribution in [-0.2, 0) is 0 Å². The molecule has 2 nitrogen and oxygen atoms in total. The first kappa shape index (κ1) is 8.52. The summed E-state index contributed by atoms with van der Waals surface area (Å²) in [7, 11) is 0. The van der Waals surface area contributed by atoms with Gasteiger partial charge in [-0.3, -0.25) is 0 Å². The summed E-state index contributed by atoms with van der Waals surface area (Å²) in [5.74, 6) is 0.971. The fourth-order valence-corrected chi connectivity index (χ4v) is 2.37. The maximum atomic E-state index is 3.72. The molecule has 0 spiro atoms. The van der Waals surface area contributed by atoms with Crippen molar-refractivity contribution in [2.24, 2.45) is 5.92 Å². The number of nitrogens with one attached hydrogen (secondary N) is 2. The Morgan fingerprint density at radius 3 is 2.67 bits per heavy atom. The molecule has 0 bridgehead atoms. The van der Waals surface area contributed by atoms with Gasteiger partial charge in [-0.25, -0.2) is 0 Å². The van der Waals surface area contributed by atoms with E-state index in [1.165, 1.54) is 38.8 Å². The monoisotopic (exact) mass is 168 g/mol. The minimum absolute atomic E-state index is 0.760. The highest BCUT2D eigenvalue weighted by atomic mass is 15.0. The number of hydrogen-bond donors (Lipinski definition) is 2. The summed E-state index contributed by atoms with van der Waals surface area (Å²) in [5, 5.41) is 7.16. The van der Waals surface area contributed by atoms with E-state index in [4.69, 9.17) is 0 Å². The van der Waals surface area contributed by atoms with Crippen molar-refractivity contribution in [1.82, 2.24) is 10.6 Å². The quantitative estimate of drug-likeness (QED) is 0.646. The normalized spacial score (nSPS) is 42.2. The predicted molar refractivity (Wildman–Crippen MR) is 51.2 cm³/mol. The highest BCUT2D eigenvalue weighted by Gasteiger charge is 2.27. The molecule has 0 radical (unpaired) electrons. The van der Waals surface area contributed by atoms with Crippen molar-refractivity contribution in [3.63, 3.8) is 0 Å². The van der Waals surface area contributed by atoms with Gasteiger partial charge in [0.05, 0.1) is 0 Å². The van der Waals surface area contributed by atoms with E-state index in [1.54, 1.807) is 0 Å². The van der Waals surface area contributed by atoms with E-state index >= 15 is 0 Å². The van der Waals surface area contributed by atoms with Crippen LogP contribution >= 0.6 is 0 Å². The highest BCUT2D eigenvalue weighted by molar-refractivity contribution is 4.87. The topological polar surface area (TPSA) is 24.1 Å². The SMILES string of the molecule is CC1CC(NC2CCCNC2)C1. The predicted octanol–water partition coefficient (Wildman–Crippen LogP) is 1.13. The molecule has 2 heteroatoms. The Labute approximate surface area is 75.1 Å². The zero-order valence-electron chi connectivity index (χ0n) is 7.97. The first-order valence-corrected chi connectivity index (χ1v) is 5.31. The van der Waals surface area contributed by atoms with Gasteiger partial charge >= 0.3 is 0 Å². The van der Waals surface area contributed by atoms with Crippen molar-refractivity contribution >= 4 is 0 Å². The summed E-state index contributed by atoms with van der Waals surface area (Å²) in [6.07, 6.45) is 5.52. The van der Waals surface area contributed by atoms with Crippen LogP contribution in [0.2, 0.25) is 0 Å². The van der Waals surface area contributed by atoms with E-state index in [0.717, 1.165) is 18.0 Å². The molecule has 12 heavy (non-hydrogen) atoms. The molecule has 70 valence electrons. The minimum Gasteiger partial charge on any atom is -0.315 e. The molecule has 1 aliphatic heterocycles. The van der Waals surface area contributed by atoms with E-state index in [-0.39, 0.29) is 0 Å². The third-order valence-electron chi connectivity index (χ3n) is 3.14. The van der Waals surface area contributed by atoms with Crippen molar-refractivity contribution in [3.8, 4) is 0 Å². The van der Waals surface area contributed by atoms with Gasteiger partial charge in [0.2, 0.25) is 0 Å². The molecular formula is C10H20N2. The number of hydrogen-bond acceptors (Lipinski definition) is 2. The molecule has 0 amide bonds. The fourth-order valence-electron chi connectivity index (χ4n) is 2.37. The number of piperidine rings is 1. The van der Waals surface area contributed by atoms with Crippen LogP contribution in [0.15, 0.2) is 0 Å². The molecule has 1 heterocycles. The molecule has 1 unspecified atom stereocenters.